The highest BCUT2D eigenvalue weighted by atomic mass is 16.5. The summed E-state index contributed by atoms with van der Waals surface area (Å²) in [4.78, 5) is 16.7. The standard InChI is InChI=1S/C30H41NO2/c1-20(2)7-12-28(32)33-23-13-15-29(3)22(18-23)8-9-24-26-11-10-25(21-6-5-17-31-19-21)30(26,4)16-14-27(24)29/h5-6,8,10,17,19-20,23-24,26-27H,7,9,11-16,18H2,1-4H3/t23-,24-,26-,27-,29-,30+/m0/s1. The minimum atomic E-state index is -0.0000156. The van der Waals surface area contributed by atoms with E-state index in [1.165, 1.54) is 36.8 Å². The van der Waals surface area contributed by atoms with Crippen molar-refractivity contribution >= 4 is 11.5 Å². The normalized spacial score (nSPS) is 37.5. The van der Waals surface area contributed by atoms with Crippen LogP contribution in [0.15, 0.2) is 42.3 Å². The number of aromatic nitrogens is 1. The van der Waals surface area contributed by atoms with Crippen molar-refractivity contribution in [3.63, 3.8) is 0 Å². The van der Waals surface area contributed by atoms with Gasteiger partial charge in [0.25, 0.3) is 0 Å². The first-order valence-electron chi connectivity index (χ1n) is 13.3. The van der Waals surface area contributed by atoms with E-state index in [9.17, 15) is 4.79 Å². The summed E-state index contributed by atoms with van der Waals surface area (Å²) in [5, 5.41) is 0. The average molecular weight is 448 g/mol. The maximum absolute atomic E-state index is 12.3. The molecule has 178 valence electrons. The smallest absolute Gasteiger partial charge is 0.306 e. The number of esters is 1. The number of rotatable bonds is 5. The summed E-state index contributed by atoms with van der Waals surface area (Å²) in [6.45, 7) is 9.38. The molecule has 0 aromatic carbocycles. The number of carbonyl (C=O) groups excluding carboxylic acids is 1. The van der Waals surface area contributed by atoms with Gasteiger partial charge in [0, 0.05) is 25.2 Å². The van der Waals surface area contributed by atoms with Gasteiger partial charge in [0.15, 0.2) is 0 Å². The summed E-state index contributed by atoms with van der Waals surface area (Å²) in [7, 11) is 0. The maximum atomic E-state index is 12.3. The first-order valence-corrected chi connectivity index (χ1v) is 13.3. The molecule has 6 atom stereocenters. The van der Waals surface area contributed by atoms with Gasteiger partial charge in [0.1, 0.15) is 6.10 Å². The molecule has 1 heterocycles. The molecule has 4 aliphatic carbocycles. The zero-order chi connectivity index (χ0) is 23.2. The molecule has 2 fully saturated rings. The maximum Gasteiger partial charge on any atom is 0.306 e. The van der Waals surface area contributed by atoms with E-state index in [1.54, 1.807) is 5.57 Å². The van der Waals surface area contributed by atoms with Crippen molar-refractivity contribution < 1.29 is 9.53 Å². The van der Waals surface area contributed by atoms with E-state index < -0.39 is 0 Å². The Balaban J connectivity index is 1.30. The zero-order valence-electron chi connectivity index (χ0n) is 21.0. The summed E-state index contributed by atoms with van der Waals surface area (Å²) in [5.74, 6) is 2.79. The minimum absolute atomic E-state index is 0.0000156. The fourth-order valence-electron chi connectivity index (χ4n) is 7.92. The van der Waals surface area contributed by atoms with Crippen LogP contribution in [0.25, 0.3) is 5.57 Å². The van der Waals surface area contributed by atoms with Crippen LogP contribution in [0.5, 0.6) is 0 Å². The van der Waals surface area contributed by atoms with Crippen LogP contribution in [0.1, 0.15) is 91.0 Å². The SMILES string of the molecule is CC(C)CCC(=O)O[C@H]1CC[C@@]2(C)C(=CC[C@@H]3[C@@H]2CC[C@]2(C)C(c4cccnc4)=CC[C@@H]32)C1. The van der Waals surface area contributed by atoms with Crippen LogP contribution in [-0.4, -0.2) is 17.1 Å². The van der Waals surface area contributed by atoms with Crippen LogP contribution in [0, 0.1) is 34.5 Å². The highest BCUT2D eigenvalue weighted by Crippen LogP contribution is 2.66. The third-order valence-electron chi connectivity index (χ3n) is 9.84. The monoisotopic (exact) mass is 447 g/mol. The Morgan fingerprint density at radius 2 is 1.94 bits per heavy atom. The topological polar surface area (TPSA) is 39.2 Å². The van der Waals surface area contributed by atoms with Crippen LogP contribution in [-0.2, 0) is 9.53 Å². The number of pyridine rings is 1. The van der Waals surface area contributed by atoms with Gasteiger partial charge in [-0.15, -0.1) is 0 Å². The number of carbonyl (C=O) groups is 1. The van der Waals surface area contributed by atoms with E-state index in [-0.39, 0.29) is 22.9 Å². The molecule has 2 saturated carbocycles. The summed E-state index contributed by atoms with van der Waals surface area (Å²) in [5.41, 5.74) is 4.99. The number of hydrogen-bond acceptors (Lipinski definition) is 3. The van der Waals surface area contributed by atoms with E-state index in [2.05, 4.69) is 63.2 Å². The van der Waals surface area contributed by atoms with Gasteiger partial charge in [0.05, 0.1) is 0 Å². The second-order valence-electron chi connectivity index (χ2n) is 12.1. The molecule has 1 aromatic rings. The number of allylic oxidation sites excluding steroid dienone is 3. The van der Waals surface area contributed by atoms with Crippen LogP contribution in [0.2, 0.25) is 0 Å². The largest absolute Gasteiger partial charge is 0.462 e. The Bertz CT molecular complexity index is 947. The number of ether oxygens (including phenoxy) is 1. The lowest BCUT2D eigenvalue weighted by molar-refractivity contribution is -0.151. The zero-order valence-corrected chi connectivity index (χ0v) is 21.0. The summed E-state index contributed by atoms with van der Waals surface area (Å²) < 4.78 is 5.93. The minimum Gasteiger partial charge on any atom is -0.462 e. The molecule has 0 saturated heterocycles. The summed E-state index contributed by atoms with van der Waals surface area (Å²) in [6, 6.07) is 4.31. The van der Waals surface area contributed by atoms with Crippen LogP contribution in [0.4, 0.5) is 0 Å². The number of hydrogen-bond donors (Lipinski definition) is 0. The third kappa shape index (κ3) is 4.00. The molecule has 1 aromatic heterocycles. The molecule has 0 N–H and O–H groups in total. The van der Waals surface area contributed by atoms with Crippen LogP contribution < -0.4 is 0 Å². The molecule has 0 radical (unpaired) electrons. The predicted molar refractivity (Wildman–Crippen MR) is 133 cm³/mol. The van der Waals surface area contributed by atoms with Crippen molar-refractivity contribution in [1.29, 1.82) is 0 Å². The first-order chi connectivity index (χ1) is 15.8. The van der Waals surface area contributed by atoms with Crippen molar-refractivity contribution in [1.82, 2.24) is 4.98 Å². The van der Waals surface area contributed by atoms with E-state index in [0.717, 1.165) is 43.4 Å². The molecule has 3 nitrogen and oxygen atoms in total. The van der Waals surface area contributed by atoms with Gasteiger partial charge in [-0.05, 0) is 96.7 Å². The van der Waals surface area contributed by atoms with E-state index in [1.807, 2.05) is 6.20 Å². The molecule has 3 heteroatoms. The van der Waals surface area contributed by atoms with Crippen molar-refractivity contribution in [3.05, 3.63) is 47.8 Å². The van der Waals surface area contributed by atoms with Gasteiger partial charge in [-0.2, -0.15) is 0 Å². The molecule has 33 heavy (non-hydrogen) atoms. The second kappa shape index (κ2) is 8.71. The average Bonchev–Trinajstić information content (AvgIpc) is 3.16. The molecule has 0 spiro atoms. The summed E-state index contributed by atoms with van der Waals surface area (Å²) >= 11 is 0. The molecule has 0 aliphatic heterocycles. The first kappa shape index (κ1) is 22.9. The summed E-state index contributed by atoms with van der Waals surface area (Å²) in [6.07, 6.45) is 18.7. The fraction of sp³-hybridized carbons (Fsp3) is 0.667. The Labute approximate surface area is 200 Å². The lowest BCUT2D eigenvalue weighted by atomic mass is 9.47. The molecular formula is C30H41NO2. The van der Waals surface area contributed by atoms with Gasteiger partial charge in [-0.1, -0.05) is 51.5 Å². The molecule has 0 unspecified atom stereocenters. The van der Waals surface area contributed by atoms with Gasteiger partial charge in [-0.3, -0.25) is 9.78 Å². The van der Waals surface area contributed by atoms with Gasteiger partial charge >= 0.3 is 5.97 Å². The Morgan fingerprint density at radius 1 is 1.12 bits per heavy atom. The van der Waals surface area contributed by atoms with Crippen molar-refractivity contribution in [3.8, 4) is 0 Å². The van der Waals surface area contributed by atoms with Gasteiger partial charge < -0.3 is 4.74 Å². The molecule has 5 rings (SSSR count). The predicted octanol–water partition coefficient (Wildman–Crippen LogP) is 7.39. The molecule has 0 bridgehead atoms. The van der Waals surface area contributed by atoms with Crippen LogP contribution in [0.3, 0.4) is 0 Å². The van der Waals surface area contributed by atoms with Crippen molar-refractivity contribution in [2.75, 3.05) is 0 Å². The Kier molecular flexibility index (Phi) is 6.04. The quantitative estimate of drug-likeness (QED) is 0.349. The fourth-order valence-corrected chi connectivity index (χ4v) is 7.92. The van der Waals surface area contributed by atoms with Gasteiger partial charge in [-0.25, -0.2) is 0 Å². The van der Waals surface area contributed by atoms with E-state index in [0.29, 0.717) is 12.3 Å². The van der Waals surface area contributed by atoms with Crippen molar-refractivity contribution in [2.24, 2.45) is 34.5 Å². The lowest BCUT2D eigenvalue weighted by Gasteiger charge is -2.57. The highest BCUT2D eigenvalue weighted by Gasteiger charge is 2.57. The molecule has 0 amide bonds. The molecule has 4 aliphatic rings. The lowest BCUT2D eigenvalue weighted by Crippen LogP contribution is -2.50. The van der Waals surface area contributed by atoms with E-state index in [4.69, 9.17) is 4.74 Å². The molecular weight excluding hydrogens is 406 g/mol. The Hall–Kier alpha value is -1.90. The number of nitrogens with zero attached hydrogens (tertiary/aromatic N) is 1. The Morgan fingerprint density at radius 3 is 2.70 bits per heavy atom. The van der Waals surface area contributed by atoms with Crippen molar-refractivity contribution in [2.45, 2.75) is 91.6 Å². The van der Waals surface area contributed by atoms with E-state index >= 15 is 0 Å². The number of fused-ring (bicyclic) bond motifs is 5. The van der Waals surface area contributed by atoms with Gasteiger partial charge in [0.2, 0.25) is 0 Å². The second-order valence-corrected chi connectivity index (χ2v) is 12.1. The highest BCUT2D eigenvalue weighted by molar-refractivity contribution is 5.72. The van der Waals surface area contributed by atoms with Crippen LogP contribution >= 0.6 is 0 Å². The third-order valence-corrected chi connectivity index (χ3v) is 9.84.